The van der Waals surface area contributed by atoms with Gasteiger partial charge in [0.2, 0.25) is 0 Å². The van der Waals surface area contributed by atoms with Crippen LogP contribution in [-0.4, -0.2) is 41.2 Å². The monoisotopic (exact) mass is 233 g/mol. The van der Waals surface area contributed by atoms with E-state index in [0.29, 0.717) is 6.42 Å². The third-order valence-electron chi connectivity index (χ3n) is 1.98. The fourth-order valence-electron chi connectivity index (χ4n) is 0.967. The highest BCUT2D eigenvalue weighted by atomic mass is 28.4. The van der Waals surface area contributed by atoms with Gasteiger partial charge in [-0.1, -0.05) is 6.08 Å². The second-order valence-electron chi connectivity index (χ2n) is 2.85. The molecule has 0 aliphatic rings. The van der Waals surface area contributed by atoms with Crippen molar-refractivity contribution < 1.29 is 23.2 Å². The molecule has 0 aromatic heterocycles. The summed E-state index contributed by atoms with van der Waals surface area (Å²) in [6.07, 6.45) is 2.03. The molecule has 0 aliphatic carbocycles. The van der Waals surface area contributed by atoms with Crippen LogP contribution in [0.2, 0.25) is 0 Å². The number of hydrogen-bond acceptors (Lipinski definition) is 4. The Bertz CT molecular complexity index is 226. The largest absolute Gasteiger partial charge is 0.504 e. The molecular formula is C9H17O5Si. The molecule has 1 N–H and O–H groups in total. The van der Waals surface area contributed by atoms with Crippen molar-refractivity contribution in [3.8, 4) is 0 Å². The number of carboxylic acid groups (broad SMARTS) is 1. The highest BCUT2D eigenvalue weighted by Gasteiger charge is 2.37. The summed E-state index contributed by atoms with van der Waals surface area (Å²) < 4.78 is 15.4. The second-order valence-corrected chi connectivity index (χ2v) is 5.69. The van der Waals surface area contributed by atoms with E-state index in [-0.39, 0.29) is 5.57 Å². The number of carboxylic acids is 1. The summed E-state index contributed by atoms with van der Waals surface area (Å²) in [4.78, 5) is 10.5. The SMILES string of the molecule is CO[Si]([CH]CC=C(C)C(=O)O)(OC)OC. The number of aliphatic carboxylic acids is 1. The molecule has 0 aliphatic heterocycles. The lowest BCUT2D eigenvalue weighted by atomic mass is 10.2. The van der Waals surface area contributed by atoms with Gasteiger partial charge in [-0.15, -0.1) is 0 Å². The van der Waals surface area contributed by atoms with Crippen molar-refractivity contribution in [2.45, 2.75) is 13.3 Å². The quantitative estimate of drug-likeness (QED) is 0.525. The lowest BCUT2D eigenvalue weighted by Crippen LogP contribution is -2.43. The van der Waals surface area contributed by atoms with Crippen LogP contribution >= 0.6 is 0 Å². The summed E-state index contributed by atoms with van der Waals surface area (Å²) in [6, 6.07) is 1.74. The summed E-state index contributed by atoms with van der Waals surface area (Å²) in [7, 11) is 1.83. The first-order chi connectivity index (χ1) is 7.01. The Balaban J connectivity index is 4.23. The first-order valence-corrected chi connectivity index (χ1v) is 6.21. The second kappa shape index (κ2) is 6.73. The average Bonchev–Trinajstić information content (AvgIpc) is 2.24. The molecule has 0 aromatic carbocycles. The fourth-order valence-corrected chi connectivity index (χ4v) is 2.37. The van der Waals surface area contributed by atoms with Gasteiger partial charge >= 0.3 is 14.8 Å². The van der Waals surface area contributed by atoms with Crippen LogP contribution in [0.4, 0.5) is 0 Å². The molecule has 0 saturated carbocycles. The van der Waals surface area contributed by atoms with Crippen molar-refractivity contribution in [1.29, 1.82) is 0 Å². The molecule has 0 atom stereocenters. The van der Waals surface area contributed by atoms with Gasteiger partial charge in [0.25, 0.3) is 0 Å². The van der Waals surface area contributed by atoms with Crippen LogP contribution in [0.25, 0.3) is 0 Å². The van der Waals surface area contributed by atoms with Crippen LogP contribution in [0.5, 0.6) is 0 Å². The van der Waals surface area contributed by atoms with E-state index >= 15 is 0 Å². The maximum absolute atomic E-state index is 10.5. The fraction of sp³-hybridized carbons (Fsp3) is 0.556. The van der Waals surface area contributed by atoms with Crippen LogP contribution in [0, 0.1) is 6.04 Å². The van der Waals surface area contributed by atoms with Gasteiger partial charge in [0.05, 0.1) is 0 Å². The van der Waals surface area contributed by atoms with Gasteiger partial charge in [-0.25, -0.2) is 4.79 Å². The highest BCUT2D eigenvalue weighted by molar-refractivity contribution is 6.64. The predicted octanol–water partition coefficient (Wildman–Crippen LogP) is 1.03. The Morgan fingerprint density at radius 1 is 1.27 bits per heavy atom. The molecule has 0 aromatic rings. The minimum Gasteiger partial charge on any atom is -0.478 e. The third kappa shape index (κ3) is 4.56. The van der Waals surface area contributed by atoms with E-state index in [4.69, 9.17) is 18.4 Å². The van der Waals surface area contributed by atoms with Crippen molar-refractivity contribution in [3.63, 3.8) is 0 Å². The van der Waals surface area contributed by atoms with Gasteiger partial charge in [0.15, 0.2) is 0 Å². The number of allylic oxidation sites excluding steroid dienone is 1. The van der Waals surface area contributed by atoms with Crippen molar-refractivity contribution >= 4 is 14.8 Å². The van der Waals surface area contributed by atoms with Gasteiger partial charge in [0.1, 0.15) is 0 Å². The van der Waals surface area contributed by atoms with Gasteiger partial charge in [-0.05, 0) is 13.3 Å². The summed E-state index contributed by atoms with van der Waals surface area (Å²) in [5, 5.41) is 8.62. The smallest absolute Gasteiger partial charge is 0.478 e. The van der Waals surface area contributed by atoms with Crippen LogP contribution in [0.3, 0.4) is 0 Å². The van der Waals surface area contributed by atoms with E-state index in [1.807, 2.05) is 0 Å². The topological polar surface area (TPSA) is 65.0 Å². The van der Waals surface area contributed by atoms with Crippen molar-refractivity contribution in [1.82, 2.24) is 0 Å². The maximum atomic E-state index is 10.5. The predicted molar refractivity (Wildman–Crippen MR) is 57.1 cm³/mol. The number of hydrogen-bond donors (Lipinski definition) is 1. The van der Waals surface area contributed by atoms with E-state index in [1.54, 1.807) is 12.1 Å². The van der Waals surface area contributed by atoms with Gasteiger partial charge < -0.3 is 18.4 Å². The summed E-state index contributed by atoms with van der Waals surface area (Å²) in [5.74, 6) is -0.928. The molecule has 0 rings (SSSR count). The van der Waals surface area contributed by atoms with Gasteiger partial charge in [-0.3, -0.25) is 0 Å². The first-order valence-electron chi connectivity index (χ1n) is 4.41. The molecule has 5 nitrogen and oxygen atoms in total. The molecule has 0 heterocycles. The van der Waals surface area contributed by atoms with E-state index in [9.17, 15) is 4.79 Å². The molecule has 1 radical (unpaired) electrons. The third-order valence-corrected chi connectivity index (χ3v) is 4.43. The first kappa shape index (κ1) is 14.3. The van der Waals surface area contributed by atoms with Crippen molar-refractivity contribution in [2.24, 2.45) is 0 Å². The van der Waals surface area contributed by atoms with Gasteiger partial charge in [-0.2, -0.15) is 0 Å². The van der Waals surface area contributed by atoms with Crippen LogP contribution in [-0.2, 0) is 18.1 Å². The number of rotatable bonds is 7. The molecule has 0 saturated heterocycles. The van der Waals surface area contributed by atoms with Crippen LogP contribution in [0.15, 0.2) is 11.6 Å². The highest BCUT2D eigenvalue weighted by Crippen LogP contribution is 2.13. The van der Waals surface area contributed by atoms with Crippen molar-refractivity contribution in [2.75, 3.05) is 21.3 Å². The molecule has 6 heteroatoms. The molecule has 0 unspecified atom stereocenters. The minimum atomic E-state index is -2.68. The van der Waals surface area contributed by atoms with Crippen LogP contribution in [0.1, 0.15) is 13.3 Å². The Morgan fingerprint density at radius 2 is 1.73 bits per heavy atom. The minimum absolute atomic E-state index is 0.289. The lowest BCUT2D eigenvalue weighted by Gasteiger charge is -2.23. The molecule has 0 fully saturated rings. The van der Waals surface area contributed by atoms with Gasteiger partial charge in [0, 0.05) is 32.9 Å². The van der Waals surface area contributed by atoms with E-state index < -0.39 is 14.8 Å². The van der Waals surface area contributed by atoms with E-state index in [0.717, 1.165) is 0 Å². The molecule has 87 valence electrons. The summed E-state index contributed by atoms with van der Waals surface area (Å²) in [6.45, 7) is 1.53. The molecule has 0 bridgehead atoms. The summed E-state index contributed by atoms with van der Waals surface area (Å²) >= 11 is 0. The Labute approximate surface area is 91.0 Å². The Kier molecular flexibility index (Phi) is 6.42. The van der Waals surface area contributed by atoms with E-state index in [1.165, 1.54) is 28.3 Å². The molecule has 0 spiro atoms. The zero-order valence-electron chi connectivity index (χ0n) is 9.44. The maximum Gasteiger partial charge on any atom is 0.504 e. The average molecular weight is 233 g/mol. The Morgan fingerprint density at radius 3 is 2.07 bits per heavy atom. The van der Waals surface area contributed by atoms with Crippen LogP contribution < -0.4 is 0 Å². The Hall–Kier alpha value is -0.693. The zero-order valence-corrected chi connectivity index (χ0v) is 10.4. The lowest BCUT2D eigenvalue weighted by molar-refractivity contribution is -0.132. The molecular weight excluding hydrogens is 216 g/mol. The summed E-state index contributed by atoms with van der Waals surface area (Å²) in [5.41, 5.74) is 0.289. The standard InChI is InChI=1S/C9H17O5Si/c1-8(9(10)11)6-5-7-15(12-2,13-3)14-4/h6-7H,5H2,1-4H3,(H,10,11). The zero-order chi connectivity index (χ0) is 11.9. The van der Waals surface area contributed by atoms with E-state index in [2.05, 4.69) is 0 Å². The molecule has 0 amide bonds. The molecule has 15 heavy (non-hydrogen) atoms. The van der Waals surface area contributed by atoms with Crippen molar-refractivity contribution in [3.05, 3.63) is 17.7 Å². The normalized spacial score (nSPS) is 12.9. The number of carbonyl (C=O) groups is 1.